The van der Waals surface area contributed by atoms with Crippen LogP contribution in [0.15, 0.2) is 53.9 Å². The second kappa shape index (κ2) is 8.10. The van der Waals surface area contributed by atoms with Crippen molar-refractivity contribution in [3.63, 3.8) is 0 Å². The number of nitrogens with zero attached hydrogens (tertiary/aromatic N) is 4. The van der Waals surface area contributed by atoms with Crippen molar-refractivity contribution in [2.75, 3.05) is 25.4 Å². The molecule has 0 saturated carbocycles. The average molecular weight is 426 g/mol. The molecule has 0 amide bonds. The van der Waals surface area contributed by atoms with Crippen molar-refractivity contribution < 1.29 is 13.2 Å². The van der Waals surface area contributed by atoms with Crippen molar-refractivity contribution >= 4 is 15.8 Å². The minimum atomic E-state index is -3.65. The van der Waals surface area contributed by atoms with Gasteiger partial charge in [-0.05, 0) is 54.8 Å². The third-order valence-corrected chi connectivity index (χ3v) is 7.15. The third kappa shape index (κ3) is 3.91. The van der Waals surface area contributed by atoms with Crippen molar-refractivity contribution in [3.8, 4) is 11.1 Å². The van der Waals surface area contributed by atoms with Gasteiger partial charge in [0.05, 0.1) is 17.2 Å². The molecule has 1 aliphatic heterocycles. The number of pyridine rings is 1. The maximum Gasteiger partial charge on any atom is 0.243 e. The minimum absolute atomic E-state index is 0.167. The van der Waals surface area contributed by atoms with Gasteiger partial charge < -0.3 is 10.5 Å². The van der Waals surface area contributed by atoms with Crippen LogP contribution in [0.4, 0.5) is 5.82 Å². The molecule has 2 N–H and O–H groups in total. The highest BCUT2D eigenvalue weighted by Crippen LogP contribution is 2.32. The van der Waals surface area contributed by atoms with Crippen LogP contribution in [0.25, 0.3) is 11.1 Å². The predicted octanol–water partition coefficient (Wildman–Crippen LogP) is 2.50. The summed E-state index contributed by atoms with van der Waals surface area (Å²) in [4.78, 5) is 12.8. The van der Waals surface area contributed by atoms with Gasteiger partial charge in [-0.1, -0.05) is 6.07 Å². The average Bonchev–Trinajstić information content (AvgIpc) is 2.75. The molecule has 0 spiro atoms. The largest absolute Gasteiger partial charge is 0.384 e. The number of aromatic nitrogens is 3. The zero-order valence-electron chi connectivity index (χ0n) is 16.8. The van der Waals surface area contributed by atoms with Crippen LogP contribution >= 0.6 is 0 Å². The van der Waals surface area contributed by atoms with Crippen molar-refractivity contribution in [1.29, 1.82) is 0 Å². The molecule has 1 aromatic carbocycles. The van der Waals surface area contributed by atoms with E-state index in [1.807, 2.05) is 26.0 Å². The molecule has 2 aromatic heterocycles. The number of nitrogens with two attached hydrogens (primary N) is 1. The number of sulfonamides is 1. The molecule has 4 rings (SSSR count). The van der Waals surface area contributed by atoms with Crippen LogP contribution < -0.4 is 5.73 Å². The molecular weight excluding hydrogens is 402 g/mol. The predicted molar refractivity (Wildman–Crippen MR) is 113 cm³/mol. The standard InChI is InChI=1S/C21H23N5O3S/c1-14-3-4-17(9-15(14)2)30(27,28)26-7-8-29-19(12-26)21-18(11-23-13-25-21)16-5-6-24-20(22)10-16/h3-6,9-11,13,19H,7-8,12H2,1-2H3,(H2,22,24). The number of nitrogen functional groups attached to an aromatic ring is 1. The fourth-order valence-electron chi connectivity index (χ4n) is 3.47. The molecule has 3 heterocycles. The summed E-state index contributed by atoms with van der Waals surface area (Å²) in [5.74, 6) is 0.380. The Morgan fingerprint density at radius 3 is 2.73 bits per heavy atom. The molecule has 0 radical (unpaired) electrons. The topological polar surface area (TPSA) is 111 Å². The summed E-state index contributed by atoms with van der Waals surface area (Å²) in [6, 6.07) is 8.74. The molecule has 1 saturated heterocycles. The molecule has 156 valence electrons. The van der Waals surface area contributed by atoms with E-state index in [2.05, 4.69) is 15.0 Å². The summed E-state index contributed by atoms with van der Waals surface area (Å²) in [5.41, 5.74) is 9.97. The molecule has 8 nitrogen and oxygen atoms in total. The summed E-state index contributed by atoms with van der Waals surface area (Å²) in [6.45, 7) is 4.59. The van der Waals surface area contributed by atoms with E-state index in [4.69, 9.17) is 10.5 Å². The maximum absolute atomic E-state index is 13.2. The van der Waals surface area contributed by atoms with Gasteiger partial charge in [-0.3, -0.25) is 0 Å². The molecule has 1 fully saturated rings. The highest BCUT2D eigenvalue weighted by Gasteiger charge is 2.33. The summed E-state index contributed by atoms with van der Waals surface area (Å²) >= 11 is 0. The Morgan fingerprint density at radius 2 is 1.97 bits per heavy atom. The van der Waals surface area contributed by atoms with Gasteiger partial charge in [-0.2, -0.15) is 4.31 Å². The van der Waals surface area contributed by atoms with Crippen LogP contribution in [0.5, 0.6) is 0 Å². The zero-order valence-corrected chi connectivity index (χ0v) is 17.6. The van der Waals surface area contributed by atoms with E-state index < -0.39 is 16.1 Å². The van der Waals surface area contributed by atoms with Gasteiger partial charge in [0.15, 0.2) is 0 Å². The van der Waals surface area contributed by atoms with Gasteiger partial charge in [0.25, 0.3) is 0 Å². The fraction of sp³-hybridized carbons (Fsp3) is 0.286. The van der Waals surface area contributed by atoms with E-state index in [1.54, 1.807) is 30.6 Å². The van der Waals surface area contributed by atoms with Gasteiger partial charge in [-0.15, -0.1) is 0 Å². The lowest BCUT2D eigenvalue weighted by molar-refractivity contribution is -0.00467. The van der Waals surface area contributed by atoms with E-state index >= 15 is 0 Å². The number of hydrogen-bond donors (Lipinski definition) is 1. The first-order valence-corrected chi connectivity index (χ1v) is 11.0. The second-order valence-corrected chi connectivity index (χ2v) is 9.20. The third-order valence-electron chi connectivity index (χ3n) is 5.29. The highest BCUT2D eigenvalue weighted by molar-refractivity contribution is 7.89. The van der Waals surface area contributed by atoms with Crippen molar-refractivity contribution in [2.45, 2.75) is 24.8 Å². The summed E-state index contributed by atoms with van der Waals surface area (Å²) in [7, 11) is -3.65. The van der Waals surface area contributed by atoms with Gasteiger partial charge in [0, 0.05) is 31.0 Å². The van der Waals surface area contributed by atoms with Crippen molar-refractivity contribution in [3.05, 3.63) is 65.9 Å². The monoisotopic (exact) mass is 425 g/mol. The highest BCUT2D eigenvalue weighted by atomic mass is 32.2. The van der Waals surface area contributed by atoms with E-state index in [0.717, 1.165) is 22.3 Å². The van der Waals surface area contributed by atoms with Crippen molar-refractivity contribution in [2.24, 2.45) is 0 Å². The first-order chi connectivity index (χ1) is 14.4. The lowest BCUT2D eigenvalue weighted by Gasteiger charge is -2.32. The van der Waals surface area contributed by atoms with Crippen LogP contribution in [-0.2, 0) is 14.8 Å². The SMILES string of the molecule is Cc1ccc(S(=O)(=O)N2CCOC(c3ncncc3-c3ccnc(N)c3)C2)cc1C. The molecule has 3 aromatic rings. The Balaban J connectivity index is 1.66. The van der Waals surface area contributed by atoms with Gasteiger partial charge in [-0.25, -0.2) is 23.4 Å². The number of morpholine rings is 1. The van der Waals surface area contributed by atoms with Gasteiger partial charge >= 0.3 is 0 Å². The Kier molecular flexibility index (Phi) is 5.50. The summed E-state index contributed by atoms with van der Waals surface area (Å²) in [6.07, 6.45) is 4.20. The zero-order chi connectivity index (χ0) is 21.3. The smallest absolute Gasteiger partial charge is 0.243 e. The number of hydrogen-bond acceptors (Lipinski definition) is 7. The Hall–Kier alpha value is -2.88. The molecule has 9 heteroatoms. The number of rotatable bonds is 4. The minimum Gasteiger partial charge on any atom is -0.384 e. The Morgan fingerprint density at radius 1 is 1.13 bits per heavy atom. The fourth-order valence-corrected chi connectivity index (χ4v) is 4.98. The van der Waals surface area contributed by atoms with Crippen molar-refractivity contribution in [1.82, 2.24) is 19.3 Å². The van der Waals surface area contributed by atoms with Gasteiger partial charge in [0.1, 0.15) is 18.2 Å². The lowest BCUT2D eigenvalue weighted by Crippen LogP contribution is -2.42. The van der Waals surface area contributed by atoms with Crippen LogP contribution in [0.2, 0.25) is 0 Å². The number of anilines is 1. The van der Waals surface area contributed by atoms with E-state index in [9.17, 15) is 8.42 Å². The first kappa shape index (κ1) is 20.4. The molecule has 1 unspecified atom stereocenters. The molecule has 1 aliphatic rings. The van der Waals surface area contributed by atoms with Crippen LogP contribution in [0, 0.1) is 13.8 Å². The molecule has 1 atom stereocenters. The maximum atomic E-state index is 13.2. The Labute approximate surface area is 175 Å². The molecule has 0 aliphatic carbocycles. The van der Waals surface area contributed by atoms with E-state index in [-0.39, 0.29) is 24.6 Å². The first-order valence-electron chi connectivity index (χ1n) is 9.57. The Bertz CT molecular complexity index is 1180. The van der Waals surface area contributed by atoms with Crippen LogP contribution in [-0.4, -0.2) is 47.4 Å². The number of ether oxygens (including phenoxy) is 1. The summed E-state index contributed by atoms with van der Waals surface area (Å²) < 4.78 is 33.9. The van der Waals surface area contributed by atoms with Crippen LogP contribution in [0.1, 0.15) is 22.9 Å². The molecule has 0 bridgehead atoms. The normalized spacial score (nSPS) is 17.7. The van der Waals surface area contributed by atoms with Crippen LogP contribution in [0.3, 0.4) is 0 Å². The van der Waals surface area contributed by atoms with Gasteiger partial charge in [0.2, 0.25) is 10.0 Å². The molecule has 30 heavy (non-hydrogen) atoms. The van der Waals surface area contributed by atoms with E-state index in [1.165, 1.54) is 10.6 Å². The number of benzene rings is 1. The number of aryl methyl sites for hydroxylation is 2. The molecular formula is C21H23N5O3S. The lowest BCUT2D eigenvalue weighted by atomic mass is 10.0. The second-order valence-electron chi connectivity index (χ2n) is 7.26. The summed E-state index contributed by atoms with van der Waals surface area (Å²) in [5, 5.41) is 0. The van der Waals surface area contributed by atoms with E-state index in [0.29, 0.717) is 11.5 Å². The quantitative estimate of drug-likeness (QED) is 0.683.